The summed E-state index contributed by atoms with van der Waals surface area (Å²) < 4.78 is 5.20. The van der Waals surface area contributed by atoms with E-state index in [1.807, 2.05) is 31.2 Å². The minimum absolute atomic E-state index is 0.277. The summed E-state index contributed by atoms with van der Waals surface area (Å²) >= 11 is 0. The van der Waals surface area contributed by atoms with Crippen LogP contribution in [0.2, 0.25) is 0 Å². The molecule has 0 bridgehead atoms. The van der Waals surface area contributed by atoms with Gasteiger partial charge >= 0.3 is 5.97 Å². The lowest BCUT2D eigenvalue weighted by Gasteiger charge is -2.26. The smallest absolute Gasteiger partial charge is 0.330 e. The Morgan fingerprint density at radius 1 is 1.30 bits per heavy atom. The number of piperazine rings is 1. The summed E-state index contributed by atoms with van der Waals surface area (Å²) in [6, 6.07) is 8.02. The zero-order chi connectivity index (χ0) is 14.2. The summed E-state index contributed by atoms with van der Waals surface area (Å²) in [6.45, 7) is 7.39. The number of benzene rings is 1. The summed E-state index contributed by atoms with van der Waals surface area (Å²) in [5.74, 6) is -0.277. The van der Waals surface area contributed by atoms with Gasteiger partial charge in [0.1, 0.15) is 6.61 Å². The van der Waals surface area contributed by atoms with Crippen LogP contribution in [-0.2, 0) is 9.53 Å². The van der Waals surface area contributed by atoms with Gasteiger partial charge < -0.3 is 10.1 Å². The molecule has 1 fully saturated rings. The van der Waals surface area contributed by atoms with Crippen LogP contribution in [0, 0.1) is 6.92 Å². The minimum atomic E-state index is -0.277. The molecule has 0 aromatic heterocycles. The van der Waals surface area contributed by atoms with E-state index in [0.717, 1.165) is 38.3 Å². The van der Waals surface area contributed by atoms with Gasteiger partial charge in [0.15, 0.2) is 0 Å². The summed E-state index contributed by atoms with van der Waals surface area (Å²) in [4.78, 5) is 13.9. The van der Waals surface area contributed by atoms with Crippen LogP contribution in [0.4, 0.5) is 0 Å². The van der Waals surface area contributed by atoms with E-state index in [4.69, 9.17) is 4.74 Å². The first-order valence-electron chi connectivity index (χ1n) is 7.08. The normalized spacial score (nSPS) is 16.4. The molecule has 0 spiro atoms. The van der Waals surface area contributed by atoms with Gasteiger partial charge in [0, 0.05) is 38.8 Å². The van der Waals surface area contributed by atoms with Gasteiger partial charge in [-0.05, 0) is 18.6 Å². The Hall–Kier alpha value is -1.65. The van der Waals surface area contributed by atoms with E-state index in [2.05, 4.69) is 10.2 Å². The quantitative estimate of drug-likeness (QED) is 0.652. The molecule has 0 aliphatic carbocycles. The molecule has 1 N–H and O–H groups in total. The van der Waals surface area contributed by atoms with Gasteiger partial charge in [-0.2, -0.15) is 0 Å². The van der Waals surface area contributed by atoms with Crippen molar-refractivity contribution in [2.45, 2.75) is 6.92 Å². The molecule has 4 heteroatoms. The number of hydrogen-bond acceptors (Lipinski definition) is 4. The van der Waals surface area contributed by atoms with E-state index in [1.54, 1.807) is 6.08 Å². The van der Waals surface area contributed by atoms with Crippen LogP contribution in [0.5, 0.6) is 0 Å². The molecule has 1 heterocycles. The zero-order valence-electron chi connectivity index (χ0n) is 12.0. The van der Waals surface area contributed by atoms with Crippen molar-refractivity contribution in [2.75, 3.05) is 39.3 Å². The number of rotatable bonds is 5. The molecule has 1 saturated heterocycles. The van der Waals surface area contributed by atoms with Gasteiger partial charge in [0.05, 0.1) is 0 Å². The summed E-state index contributed by atoms with van der Waals surface area (Å²) in [6.07, 6.45) is 3.27. The van der Waals surface area contributed by atoms with Crippen molar-refractivity contribution in [2.24, 2.45) is 0 Å². The third-order valence-electron chi connectivity index (χ3n) is 3.35. The second-order valence-electron chi connectivity index (χ2n) is 5.00. The van der Waals surface area contributed by atoms with Crippen molar-refractivity contribution < 1.29 is 9.53 Å². The maximum atomic E-state index is 11.6. The predicted molar refractivity (Wildman–Crippen MR) is 80.5 cm³/mol. The number of nitrogens with zero attached hydrogens (tertiary/aromatic N) is 1. The van der Waals surface area contributed by atoms with E-state index in [1.165, 1.54) is 11.6 Å². The summed E-state index contributed by atoms with van der Waals surface area (Å²) in [5.41, 5.74) is 2.22. The van der Waals surface area contributed by atoms with Gasteiger partial charge in [-0.25, -0.2) is 4.79 Å². The Morgan fingerprint density at radius 2 is 2.00 bits per heavy atom. The molecule has 0 unspecified atom stereocenters. The van der Waals surface area contributed by atoms with Gasteiger partial charge in [0.25, 0.3) is 0 Å². The highest BCUT2D eigenvalue weighted by Gasteiger charge is 2.09. The Balaban J connectivity index is 1.68. The number of hydrogen-bond donors (Lipinski definition) is 1. The second kappa shape index (κ2) is 7.82. The van der Waals surface area contributed by atoms with Gasteiger partial charge in [-0.3, -0.25) is 4.90 Å². The van der Waals surface area contributed by atoms with Crippen LogP contribution >= 0.6 is 0 Å². The molecule has 0 radical (unpaired) electrons. The van der Waals surface area contributed by atoms with Gasteiger partial charge in [0.2, 0.25) is 0 Å². The Bertz CT molecular complexity index is 448. The fourth-order valence-corrected chi connectivity index (χ4v) is 2.10. The molecule has 4 nitrogen and oxygen atoms in total. The highest BCUT2D eigenvalue weighted by Crippen LogP contribution is 2.05. The third-order valence-corrected chi connectivity index (χ3v) is 3.35. The fourth-order valence-electron chi connectivity index (χ4n) is 2.10. The third kappa shape index (κ3) is 5.15. The molecule has 0 atom stereocenters. The molecule has 2 rings (SSSR count). The average Bonchev–Trinajstić information content (AvgIpc) is 2.48. The lowest BCUT2D eigenvalue weighted by Crippen LogP contribution is -2.44. The average molecular weight is 274 g/mol. The van der Waals surface area contributed by atoms with E-state index in [9.17, 15) is 4.79 Å². The molecule has 0 saturated carbocycles. The van der Waals surface area contributed by atoms with Crippen molar-refractivity contribution in [3.8, 4) is 0 Å². The monoisotopic (exact) mass is 274 g/mol. The number of nitrogens with one attached hydrogen (secondary N) is 1. The molecular weight excluding hydrogens is 252 g/mol. The SMILES string of the molecule is Cc1ccc(/C=C/C(=O)OCCN2CCNCC2)cc1. The minimum Gasteiger partial charge on any atom is -0.461 e. The largest absolute Gasteiger partial charge is 0.461 e. The van der Waals surface area contributed by atoms with Gasteiger partial charge in [-0.1, -0.05) is 29.8 Å². The summed E-state index contributed by atoms with van der Waals surface area (Å²) in [7, 11) is 0. The Morgan fingerprint density at radius 3 is 2.70 bits per heavy atom. The van der Waals surface area contributed by atoms with Crippen LogP contribution in [0.25, 0.3) is 6.08 Å². The molecule has 1 aromatic rings. The number of carbonyl (C=O) groups is 1. The highest BCUT2D eigenvalue weighted by molar-refractivity contribution is 5.87. The molecule has 108 valence electrons. The maximum Gasteiger partial charge on any atom is 0.330 e. The van der Waals surface area contributed by atoms with Crippen molar-refractivity contribution >= 4 is 12.0 Å². The first kappa shape index (κ1) is 14.8. The first-order valence-corrected chi connectivity index (χ1v) is 7.08. The molecule has 1 aliphatic heterocycles. The van der Waals surface area contributed by atoms with E-state index in [0.29, 0.717) is 6.61 Å². The van der Waals surface area contributed by atoms with Crippen molar-refractivity contribution in [1.82, 2.24) is 10.2 Å². The fraction of sp³-hybridized carbons (Fsp3) is 0.438. The lowest BCUT2D eigenvalue weighted by atomic mass is 10.1. The highest BCUT2D eigenvalue weighted by atomic mass is 16.5. The van der Waals surface area contributed by atoms with Crippen molar-refractivity contribution in [3.63, 3.8) is 0 Å². The van der Waals surface area contributed by atoms with E-state index >= 15 is 0 Å². The predicted octanol–water partition coefficient (Wildman–Crippen LogP) is 1.46. The van der Waals surface area contributed by atoms with Crippen molar-refractivity contribution in [3.05, 3.63) is 41.5 Å². The number of aryl methyl sites for hydroxylation is 1. The Labute approximate surface area is 120 Å². The van der Waals surface area contributed by atoms with Gasteiger partial charge in [-0.15, -0.1) is 0 Å². The van der Waals surface area contributed by atoms with E-state index in [-0.39, 0.29) is 5.97 Å². The Kier molecular flexibility index (Phi) is 5.77. The number of esters is 1. The molecule has 1 aromatic carbocycles. The molecular formula is C16H22N2O2. The number of carbonyl (C=O) groups excluding carboxylic acids is 1. The van der Waals surface area contributed by atoms with Crippen LogP contribution < -0.4 is 5.32 Å². The second-order valence-corrected chi connectivity index (χ2v) is 5.00. The zero-order valence-corrected chi connectivity index (χ0v) is 12.0. The van der Waals surface area contributed by atoms with Crippen LogP contribution in [0.1, 0.15) is 11.1 Å². The molecule has 20 heavy (non-hydrogen) atoms. The van der Waals surface area contributed by atoms with Crippen molar-refractivity contribution in [1.29, 1.82) is 0 Å². The maximum absolute atomic E-state index is 11.6. The standard InChI is InChI=1S/C16H22N2O2/c1-14-2-4-15(5-3-14)6-7-16(19)20-13-12-18-10-8-17-9-11-18/h2-7,17H,8-13H2,1H3/b7-6+. The van der Waals surface area contributed by atoms with Crippen LogP contribution in [0.15, 0.2) is 30.3 Å². The number of ether oxygens (including phenoxy) is 1. The topological polar surface area (TPSA) is 41.6 Å². The van der Waals surface area contributed by atoms with E-state index < -0.39 is 0 Å². The molecule has 1 aliphatic rings. The molecule has 0 amide bonds. The lowest BCUT2D eigenvalue weighted by molar-refractivity contribution is -0.138. The van der Waals surface area contributed by atoms with Crippen LogP contribution in [0.3, 0.4) is 0 Å². The summed E-state index contributed by atoms with van der Waals surface area (Å²) in [5, 5.41) is 3.30. The first-order chi connectivity index (χ1) is 9.74. The van der Waals surface area contributed by atoms with Crippen LogP contribution in [-0.4, -0.2) is 50.2 Å².